The SMILES string of the molecule is CCOC(=O)c1csc(NC(=O)CCc2ncc(-c3ccc(Cl)cc3)o2)n1. The number of nitrogens with zero attached hydrogens (tertiary/aromatic N) is 2. The first kappa shape index (κ1) is 19.1. The molecule has 0 unspecified atom stereocenters. The van der Waals surface area contributed by atoms with E-state index in [1.807, 2.05) is 12.1 Å². The molecule has 0 aliphatic carbocycles. The predicted octanol–water partition coefficient (Wildman–Crippen LogP) is 4.20. The maximum Gasteiger partial charge on any atom is 0.357 e. The van der Waals surface area contributed by atoms with Gasteiger partial charge >= 0.3 is 5.97 Å². The Kier molecular flexibility index (Phi) is 6.20. The van der Waals surface area contributed by atoms with Crippen molar-refractivity contribution in [3.8, 4) is 11.3 Å². The van der Waals surface area contributed by atoms with Crippen molar-refractivity contribution < 1.29 is 18.7 Å². The molecular weight excluding hydrogens is 390 g/mol. The standard InChI is InChI=1S/C18H16ClN3O4S/c1-2-25-17(24)13-10-27-18(21-13)22-15(23)7-8-16-20-9-14(26-16)11-3-5-12(19)6-4-11/h3-6,9-10H,2,7-8H2,1H3,(H,21,22,23). The summed E-state index contributed by atoms with van der Waals surface area (Å²) in [5.74, 6) is 0.317. The second-order valence-corrected chi connectivity index (χ2v) is 6.73. The van der Waals surface area contributed by atoms with Gasteiger partial charge in [-0.3, -0.25) is 4.79 Å². The van der Waals surface area contributed by atoms with Crippen LogP contribution in [0.15, 0.2) is 40.3 Å². The van der Waals surface area contributed by atoms with Crippen LogP contribution >= 0.6 is 22.9 Å². The molecule has 0 fully saturated rings. The van der Waals surface area contributed by atoms with Gasteiger partial charge in [0, 0.05) is 28.8 Å². The first-order chi connectivity index (χ1) is 13.0. The number of esters is 1. The number of carbonyl (C=O) groups excluding carboxylic acids is 2. The Balaban J connectivity index is 1.52. The lowest BCUT2D eigenvalue weighted by atomic mass is 10.2. The molecule has 0 radical (unpaired) electrons. The van der Waals surface area contributed by atoms with Gasteiger partial charge in [-0.05, 0) is 31.2 Å². The van der Waals surface area contributed by atoms with E-state index in [1.165, 1.54) is 0 Å². The third-order valence-corrected chi connectivity index (χ3v) is 4.49. The molecule has 0 atom stereocenters. The molecule has 1 N–H and O–H groups in total. The highest BCUT2D eigenvalue weighted by Crippen LogP contribution is 2.23. The summed E-state index contributed by atoms with van der Waals surface area (Å²) in [5.41, 5.74) is 1.04. The second-order valence-electron chi connectivity index (χ2n) is 5.43. The zero-order valence-corrected chi connectivity index (χ0v) is 16.0. The quantitative estimate of drug-likeness (QED) is 0.592. The fourth-order valence-corrected chi connectivity index (χ4v) is 3.03. The van der Waals surface area contributed by atoms with Crippen molar-refractivity contribution in [3.05, 3.63) is 52.4 Å². The fourth-order valence-electron chi connectivity index (χ4n) is 2.21. The summed E-state index contributed by atoms with van der Waals surface area (Å²) in [7, 11) is 0. The molecular formula is C18H16ClN3O4S. The molecule has 1 amide bonds. The highest BCUT2D eigenvalue weighted by molar-refractivity contribution is 7.14. The van der Waals surface area contributed by atoms with Gasteiger partial charge in [0.15, 0.2) is 22.5 Å². The van der Waals surface area contributed by atoms with E-state index in [9.17, 15) is 9.59 Å². The van der Waals surface area contributed by atoms with Crippen LogP contribution in [0.2, 0.25) is 5.02 Å². The van der Waals surface area contributed by atoms with E-state index in [2.05, 4.69) is 15.3 Å². The lowest BCUT2D eigenvalue weighted by Gasteiger charge is -2.00. The van der Waals surface area contributed by atoms with Crippen molar-refractivity contribution in [3.63, 3.8) is 0 Å². The molecule has 0 aliphatic heterocycles. The largest absolute Gasteiger partial charge is 0.461 e. The van der Waals surface area contributed by atoms with Crippen LogP contribution in [-0.4, -0.2) is 28.5 Å². The normalized spacial score (nSPS) is 10.6. The van der Waals surface area contributed by atoms with E-state index in [0.29, 0.717) is 28.2 Å². The molecule has 0 saturated carbocycles. The third-order valence-electron chi connectivity index (χ3n) is 3.48. The van der Waals surface area contributed by atoms with E-state index >= 15 is 0 Å². The van der Waals surface area contributed by atoms with Crippen molar-refractivity contribution in [2.45, 2.75) is 19.8 Å². The monoisotopic (exact) mass is 405 g/mol. The highest BCUT2D eigenvalue weighted by atomic mass is 35.5. The molecule has 140 valence electrons. The maximum atomic E-state index is 12.1. The zero-order chi connectivity index (χ0) is 19.2. The minimum Gasteiger partial charge on any atom is -0.461 e. The van der Waals surface area contributed by atoms with Gasteiger partial charge in [0.1, 0.15) is 0 Å². The number of thiazole rings is 1. The number of anilines is 1. The average molecular weight is 406 g/mol. The number of carbonyl (C=O) groups is 2. The molecule has 1 aromatic carbocycles. The molecule has 0 aliphatic rings. The van der Waals surface area contributed by atoms with Gasteiger partial charge in [0.25, 0.3) is 0 Å². The molecule has 2 aromatic heterocycles. The summed E-state index contributed by atoms with van der Waals surface area (Å²) >= 11 is 7.03. The first-order valence-electron chi connectivity index (χ1n) is 8.18. The van der Waals surface area contributed by atoms with Gasteiger partial charge in [-0.2, -0.15) is 0 Å². The molecule has 3 rings (SSSR count). The Morgan fingerprint density at radius 2 is 2.07 bits per heavy atom. The molecule has 2 heterocycles. The maximum absolute atomic E-state index is 12.1. The van der Waals surface area contributed by atoms with Crippen molar-refractivity contribution in [2.75, 3.05) is 11.9 Å². The van der Waals surface area contributed by atoms with E-state index < -0.39 is 5.97 Å². The number of aryl methyl sites for hydroxylation is 1. The van der Waals surface area contributed by atoms with Crippen LogP contribution < -0.4 is 5.32 Å². The topological polar surface area (TPSA) is 94.3 Å². The third kappa shape index (κ3) is 5.15. The van der Waals surface area contributed by atoms with E-state index in [1.54, 1.807) is 30.6 Å². The van der Waals surface area contributed by atoms with E-state index in [4.69, 9.17) is 20.8 Å². The number of ether oxygens (including phenoxy) is 1. The lowest BCUT2D eigenvalue weighted by molar-refractivity contribution is -0.116. The summed E-state index contributed by atoms with van der Waals surface area (Å²) in [6.07, 6.45) is 2.13. The molecule has 0 spiro atoms. The summed E-state index contributed by atoms with van der Waals surface area (Å²) in [6, 6.07) is 7.21. The van der Waals surface area contributed by atoms with Crippen LogP contribution in [0.3, 0.4) is 0 Å². The average Bonchev–Trinajstić information content (AvgIpc) is 3.30. The Morgan fingerprint density at radius 1 is 1.30 bits per heavy atom. The van der Waals surface area contributed by atoms with Crippen molar-refractivity contribution in [1.29, 1.82) is 0 Å². The minimum atomic E-state index is -0.510. The van der Waals surface area contributed by atoms with Gasteiger partial charge in [0.05, 0.1) is 12.8 Å². The number of benzene rings is 1. The van der Waals surface area contributed by atoms with Gasteiger partial charge in [0.2, 0.25) is 5.91 Å². The molecule has 0 bridgehead atoms. The molecule has 3 aromatic rings. The van der Waals surface area contributed by atoms with Crippen LogP contribution in [0.4, 0.5) is 5.13 Å². The van der Waals surface area contributed by atoms with Crippen LogP contribution in [0.5, 0.6) is 0 Å². The van der Waals surface area contributed by atoms with Gasteiger partial charge in [-0.1, -0.05) is 11.6 Å². The Morgan fingerprint density at radius 3 is 2.81 bits per heavy atom. The lowest BCUT2D eigenvalue weighted by Crippen LogP contribution is -2.13. The number of amides is 1. The Hall–Kier alpha value is -2.71. The van der Waals surface area contributed by atoms with Gasteiger partial charge < -0.3 is 14.5 Å². The number of rotatable bonds is 7. The number of hydrogen-bond donors (Lipinski definition) is 1. The number of oxazole rings is 1. The molecule has 27 heavy (non-hydrogen) atoms. The first-order valence-corrected chi connectivity index (χ1v) is 9.44. The summed E-state index contributed by atoms with van der Waals surface area (Å²) in [6.45, 7) is 1.99. The summed E-state index contributed by atoms with van der Waals surface area (Å²) < 4.78 is 10.5. The summed E-state index contributed by atoms with van der Waals surface area (Å²) in [4.78, 5) is 31.9. The summed E-state index contributed by atoms with van der Waals surface area (Å²) in [5, 5.41) is 5.18. The fraction of sp³-hybridized carbons (Fsp3) is 0.222. The van der Waals surface area contributed by atoms with Crippen molar-refractivity contribution in [1.82, 2.24) is 9.97 Å². The van der Waals surface area contributed by atoms with Crippen LogP contribution in [0.25, 0.3) is 11.3 Å². The van der Waals surface area contributed by atoms with E-state index in [0.717, 1.165) is 16.9 Å². The molecule has 7 nitrogen and oxygen atoms in total. The number of nitrogens with one attached hydrogen (secondary N) is 1. The second kappa shape index (κ2) is 8.79. The van der Waals surface area contributed by atoms with E-state index in [-0.39, 0.29) is 24.6 Å². The van der Waals surface area contributed by atoms with Crippen molar-refractivity contribution >= 4 is 39.9 Å². The van der Waals surface area contributed by atoms with Gasteiger partial charge in [-0.15, -0.1) is 11.3 Å². The minimum absolute atomic E-state index is 0.175. The smallest absolute Gasteiger partial charge is 0.357 e. The van der Waals surface area contributed by atoms with Crippen LogP contribution in [0, 0.1) is 0 Å². The number of aromatic nitrogens is 2. The number of hydrogen-bond acceptors (Lipinski definition) is 7. The van der Waals surface area contributed by atoms with Crippen molar-refractivity contribution in [2.24, 2.45) is 0 Å². The van der Waals surface area contributed by atoms with Gasteiger partial charge in [-0.25, -0.2) is 14.8 Å². The Bertz CT molecular complexity index is 936. The predicted molar refractivity (Wildman–Crippen MR) is 102 cm³/mol. The zero-order valence-electron chi connectivity index (χ0n) is 14.4. The Labute approximate surface area is 164 Å². The number of halogens is 1. The van der Waals surface area contributed by atoms with Crippen LogP contribution in [-0.2, 0) is 16.0 Å². The molecule has 9 heteroatoms. The van der Waals surface area contributed by atoms with Crippen LogP contribution in [0.1, 0.15) is 29.7 Å². The molecule has 0 saturated heterocycles. The highest BCUT2D eigenvalue weighted by Gasteiger charge is 2.14.